The van der Waals surface area contributed by atoms with E-state index in [4.69, 9.17) is 4.52 Å². The third kappa shape index (κ3) is 3.57. The molecule has 1 heterocycles. The molecule has 19 heavy (non-hydrogen) atoms. The van der Waals surface area contributed by atoms with Gasteiger partial charge in [-0.05, 0) is 24.6 Å². The first kappa shape index (κ1) is 13.6. The predicted molar refractivity (Wildman–Crippen MR) is 63.2 cm³/mol. The molecule has 1 aromatic heterocycles. The fourth-order valence-corrected chi connectivity index (χ4v) is 1.67. The average molecular weight is 270 g/mol. The Morgan fingerprint density at radius 1 is 1.21 bits per heavy atom. The van der Waals surface area contributed by atoms with Crippen molar-refractivity contribution in [3.63, 3.8) is 0 Å². The van der Waals surface area contributed by atoms with Crippen LogP contribution in [0.3, 0.4) is 0 Å². The second kappa shape index (κ2) is 5.44. The lowest BCUT2D eigenvalue weighted by Gasteiger charge is -2.14. The van der Waals surface area contributed by atoms with Crippen molar-refractivity contribution in [2.24, 2.45) is 0 Å². The Morgan fingerprint density at radius 2 is 1.89 bits per heavy atom. The van der Waals surface area contributed by atoms with Crippen LogP contribution in [0.2, 0.25) is 0 Å². The van der Waals surface area contributed by atoms with Crippen LogP contribution in [0.5, 0.6) is 0 Å². The van der Waals surface area contributed by atoms with E-state index in [9.17, 15) is 13.2 Å². The zero-order valence-corrected chi connectivity index (χ0v) is 10.2. The number of alkyl halides is 3. The molecule has 0 fully saturated rings. The minimum Gasteiger partial charge on any atom is -0.364 e. The van der Waals surface area contributed by atoms with Crippen LogP contribution in [0.15, 0.2) is 41.1 Å². The Kier molecular flexibility index (Phi) is 3.90. The summed E-state index contributed by atoms with van der Waals surface area (Å²) in [4.78, 5) is 0. The van der Waals surface area contributed by atoms with E-state index in [1.807, 2.05) is 6.92 Å². The molecule has 0 amide bonds. The number of rotatable bonds is 4. The predicted octanol–water partition coefficient (Wildman–Crippen LogP) is 3.54. The molecular formula is C13H13F3N2O. The SMILES string of the molecule is CC(NCc1ccon1)c1ccc(C(F)(F)F)cc1. The van der Waals surface area contributed by atoms with E-state index in [0.717, 1.165) is 23.4 Å². The van der Waals surface area contributed by atoms with Crippen LogP contribution < -0.4 is 5.32 Å². The van der Waals surface area contributed by atoms with Gasteiger partial charge in [-0.3, -0.25) is 0 Å². The van der Waals surface area contributed by atoms with E-state index in [-0.39, 0.29) is 6.04 Å². The summed E-state index contributed by atoms with van der Waals surface area (Å²) in [5.41, 5.74) is 0.898. The Hall–Kier alpha value is -1.82. The first-order valence-electron chi connectivity index (χ1n) is 5.76. The van der Waals surface area contributed by atoms with Crippen LogP contribution in [0.25, 0.3) is 0 Å². The van der Waals surface area contributed by atoms with E-state index < -0.39 is 11.7 Å². The standard InChI is InChI=1S/C13H13F3N2O/c1-9(17-8-12-6-7-19-18-12)10-2-4-11(5-3-10)13(14,15)16/h2-7,9,17H,8H2,1H3. The molecule has 0 saturated heterocycles. The second-order valence-electron chi connectivity index (χ2n) is 4.21. The number of nitrogens with zero attached hydrogens (tertiary/aromatic N) is 1. The Labute approximate surface area is 108 Å². The monoisotopic (exact) mass is 270 g/mol. The van der Waals surface area contributed by atoms with Gasteiger partial charge in [0, 0.05) is 18.7 Å². The van der Waals surface area contributed by atoms with E-state index in [0.29, 0.717) is 6.54 Å². The van der Waals surface area contributed by atoms with E-state index in [1.54, 1.807) is 6.07 Å². The molecule has 1 N–H and O–H groups in total. The number of aromatic nitrogens is 1. The number of halogens is 3. The van der Waals surface area contributed by atoms with Gasteiger partial charge < -0.3 is 9.84 Å². The molecule has 3 nitrogen and oxygen atoms in total. The highest BCUT2D eigenvalue weighted by Crippen LogP contribution is 2.29. The quantitative estimate of drug-likeness (QED) is 0.923. The van der Waals surface area contributed by atoms with Gasteiger partial charge in [0.2, 0.25) is 0 Å². The molecule has 1 unspecified atom stereocenters. The van der Waals surface area contributed by atoms with Gasteiger partial charge in [-0.2, -0.15) is 13.2 Å². The van der Waals surface area contributed by atoms with Gasteiger partial charge in [0.1, 0.15) is 6.26 Å². The van der Waals surface area contributed by atoms with E-state index in [1.165, 1.54) is 18.4 Å². The summed E-state index contributed by atoms with van der Waals surface area (Å²) in [6.07, 6.45) is -2.82. The zero-order valence-electron chi connectivity index (χ0n) is 10.2. The summed E-state index contributed by atoms with van der Waals surface area (Å²) < 4.78 is 42.0. The van der Waals surface area contributed by atoms with Crippen LogP contribution in [-0.2, 0) is 12.7 Å². The third-order valence-corrected chi connectivity index (χ3v) is 2.82. The highest BCUT2D eigenvalue weighted by molar-refractivity contribution is 5.26. The Morgan fingerprint density at radius 3 is 2.42 bits per heavy atom. The molecule has 2 aromatic rings. The molecule has 1 aromatic carbocycles. The molecule has 0 radical (unpaired) electrons. The van der Waals surface area contributed by atoms with Crippen molar-refractivity contribution in [3.8, 4) is 0 Å². The van der Waals surface area contributed by atoms with Gasteiger partial charge >= 0.3 is 6.18 Å². The van der Waals surface area contributed by atoms with Crippen molar-refractivity contribution in [2.75, 3.05) is 0 Å². The fourth-order valence-electron chi connectivity index (χ4n) is 1.67. The average Bonchev–Trinajstić information content (AvgIpc) is 2.88. The fraction of sp³-hybridized carbons (Fsp3) is 0.308. The van der Waals surface area contributed by atoms with E-state index >= 15 is 0 Å². The van der Waals surface area contributed by atoms with Gasteiger partial charge in [-0.15, -0.1) is 0 Å². The van der Waals surface area contributed by atoms with Crippen LogP contribution in [0.1, 0.15) is 29.8 Å². The topological polar surface area (TPSA) is 38.1 Å². The van der Waals surface area contributed by atoms with Gasteiger partial charge in [0.15, 0.2) is 0 Å². The first-order valence-corrected chi connectivity index (χ1v) is 5.76. The molecule has 0 spiro atoms. The molecular weight excluding hydrogens is 257 g/mol. The van der Waals surface area contributed by atoms with Crippen LogP contribution in [0.4, 0.5) is 13.2 Å². The van der Waals surface area contributed by atoms with Crippen LogP contribution in [0, 0.1) is 0 Å². The zero-order chi connectivity index (χ0) is 13.9. The number of benzene rings is 1. The minimum atomic E-state index is -4.30. The van der Waals surface area contributed by atoms with Crippen molar-refractivity contribution in [2.45, 2.75) is 25.7 Å². The summed E-state index contributed by atoms with van der Waals surface area (Å²) >= 11 is 0. The lowest BCUT2D eigenvalue weighted by molar-refractivity contribution is -0.137. The maximum absolute atomic E-state index is 12.4. The molecule has 0 aliphatic carbocycles. The molecule has 0 bridgehead atoms. The van der Waals surface area contributed by atoms with Crippen LogP contribution in [-0.4, -0.2) is 5.16 Å². The molecule has 2 rings (SSSR count). The van der Waals surface area contributed by atoms with Crippen molar-refractivity contribution in [1.29, 1.82) is 0 Å². The summed E-state index contributed by atoms with van der Waals surface area (Å²) in [7, 11) is 0. The van der Waals surface area contributed by atoms with Gasteiger partial charge in [-0.1, -0.05) is 17.3 Å². The summed E-state index contributed by atoms with van der Waals surface area (Å²) in [5.74, 6) is 0. The van der Waals surface area contributed by atoms with Gasteiger partial charge in [0.25, 0.3) is 0 Å². The molecule has 1 atom stereocenters. The molecule has 102 valence electrons. The first-order chi connectivity index (χ1) is 8.97. The summed E-state index contributed by atoms with van der Waals surface area (Å²) in [6, 6.07) is 6.78. The molecule has 0 aliphatic heterocycles. The number of nitrogens with one attached hydrogen (secondary N) is 1. The van der Waals surface area contributed by atoms with Gasteiger partial charge in [0.05, 0.1) is 11.3 Å². The minimum absolute atomic E-state index is 0.0704. The summed E-state index contributed by atoms with van der Waals surface area (Å²) in [6.45, 7) is 2.38. The Bertz CT molecular complexity index is 506. The number of hydrogen-bond donors (Lipinski definition) is 1. The van der Waals surface area contributed by atoms with Crippen LogP contribution >= 0.6 is 0 Å². The lowest BCUT2D eigenvalue weighted by Crippen LogP contribution is -2.18. The molecule has 6 heteroatoms. The normalized spacial score (nSPS) is 13.5. The highest BCUT2D eigenvalue weighted by atomic mass is 19.4. The second-order valence-corrected chi connectivity index (χ2v) is 4.21. The summed E-state index contributed by atoms with van der Waals surface area (Å²) in [5, 5.41) is 6.90. The van der Waals surface area contributed by atoms with Crippen molar-refractivity contribution in [1.82, 2.24) is 10.5 Å². The molecule has 0 aliphatic rings. The largest absolute Gasteiger partial charge is 0.416 e. The van der Waals surface area contributed by atoms with E-state index in [2.05, 4.69) is 10.5 Å². The smallest absolute Gasteiger partial charge is 0.364 e. The Balaban J connectivity index is 1.97. The van der Waals surface area contributed by atoms with Crippen molar-refractivity contribution in [3.05, 3.63) is 53.4 Å². The maximum Gasteiger partial charge on any atom is 0.416 e. The molecule has 0 saturated carbocycles. The maximum atomic E-state index is 12.4. The van der Waals surface area contributed by atoms with Crippen molar-refractivity contribution >= 4 is 0 Å². The van der Waals surface area contributed by atoms with Crippen molar-refractivity contribution < 1.29 is 17.7 Å². The van der Waals surface area contributed by atoms with Gasteiger partial charge in [-0.25, -0.2) is 0 Å². The lowest BCUT2D eigenvalue weighted by atomic mass is 10.1. The number of hydrogen-bond acceptors (Lipinski definition) is 3. The highest BCUT2D eigenvalue weighted by Gasteiger charge is 2.30. The third-order valence-electron chi connectivity index (χ3n) is 2.82.